The number of aromatic nitrogens is 7. The van der Waals surface area contributed by atoms with Crippen LogP contribution in [0.1, 0.15) is 31.5 Å². The average Bonchev–Trinajstić information content (AvgIpc) is 3.83. The summed E-state index contributed by atoms with van der Waals surface area (Å²) in [5, 5.41) is 16.5. The Morgan fingerprint density at radius 1 is 1.10 bits per heavy atom. The van der Waals surface area contributed by atoms with E-state index in [0.29, 0.717) is 13.0 Å². The number of alkyl halides is 1. The van der Waals surface area contributed by atoms with Crippen LogP contribution in [0, 0.1) is 11.7 Å². The van der Waals surface area contributed by atoms with Crippen LogP contribution in [-0.2, 0) is 51.2 Å². The Morgan fingerprint density at radius 3 is 2.62 bits per heavy atom. The minimum absolute atomic E-state index is 0.0209. The van der Waals surface area contributed by atoms with E-state index in [2.05, 4.69) is 35.6 Å². The fourth-order valence-corrected chi connectivity index (χ4v) is 9.53. The van der Waals surface area contributed by atoms with Gasteiger partial charge in [0.1, 0.15) is 42.3 Å². The van der Waals surface area contributed by atoms with Crippen LogP contribution < -0.4 is 16.2 Å². The lowest BCUT2D eigenvalue weighted by Gasteiger charge is -2.28. The molecule has 0 aromatic carbocycles. The number of fused-ring (bicyclic) bond motifs is 5. The predicted octanol–water partition coefficient (Wildman–Crippen LogP) is 1.05. The molecule has 3 fully saturated rings. The Kier molecular flexibility index (Phi) is 10.7. The third-order valence-corrected chi connectivity index (χ3v) is 12.1. The third-order valence-electron chi connectivity index (χ3n) is 9.01. The fraction of sp³-hybridized carbons (Fsp3) is 0.556. The van der Waals surface area contributed by atoms with E-state index in [4.69, 9.17) is 46.4 Å². The Balaban J connectivity index is 1.15. The van der Waals surface area contributed by atoms with Crippen LogP contribution in [0.15, 0.2) is 30.0 Å². The van der Waals surface area contributed by atoms with Crippen LogP contribution in [0.5, 0.6) is 0 Å². The SMILES string of the molecule is CNCCCC(=O)Nc1ncnc2c1ncn2[C@@H]1C[C@@H]2COP(O)(=S)O[C@@H]3[C@H](O)[C@@H](COP(O)(=S)O[C@H]2[C@H]1F)O[C@H]3n1cc(F)c2c(=O)[nH]cnc21. The van der Waals surface area contributed by atoms with Gasteiger partial charge >= 0.3 is 13.4 Å². The highest BCUT2D eigenvalue weighted by Crippen LogP contribution is 2.56. The van der Waals surface area contributed by atoms with Crippen molar-refractivity contribution >= 4 is 71.0 Å². The van der Waals surface area contributed by atoms with Crippen molar-refractivity contribution in [2.75, 3.05) is 32.1 Å². The Morgan fingerprint density at radius 2 is 1.85 bits per heavy atom. The molecular formula is C27H33F2N9O10P2S2. The van der Waals surface area contributed by atoms with Crippen molar-refractivity contribution in [2.24, 2.45) is 5.92 Å². The van der Waals surface area contributed by atoms with E-state index in [9.17, 15) is 28.9 Å². The molecule has 2 aliphatic heterocycles. The van der Waals surface area contributed by atoms with Gasteiger partial charge in [0.05, 0.1) is 31.9 Å². The van der Waals surface area contributed by atoms with Crippen LogP contribution in [0.3, 0.4) is 0 Å². The van der Waals surface area contributed by atoms with Crippen molar-refractivity contribution in [3.8, 4) is 0 Å². The van der Waals surface area contributed by atoms with E-state index >= 15 is 4.39 Å². The van der Waals surface area contributed by atoms with Crippen LogP contribution in [0.25, 0.3) is 22.2 Å². The summed E-state index contributed by atoms with van der Waals surface area (Å²) in [5.74, 6) is -2.01. The van der Waals surface area contributed by atoms with Gasteiger partial charge in [-0.25, -0.2) is 28.7 Å². The highest BCUT2D eigenvalue weighted by atomic mass is 32.5. The molecule has 25 heteroatoms. The van der Waals surface area contributed by atoms with Gasteiger partial charge in [-0.05, 0) is 50.0 Å². The molecule has 0 radical (unpaired) electrons. The number of hydrogen-bond acceptors (Lipinski definition) is 15. The molecule has 1 aliphatic carbocycles. The molecule has 7 rings (SSSR count). The Labute approximate surface area is 302 Å². The number of ether oxygens (including phenoxy) is 1. The highest BCUT2D eigenvalue weighted by Gasteiger charge is 2.52. The molecule has 4 aromatic rings. The molecule has 19 nitrogen and oxygen atoms in total. The number of carbonyl (C=O) groups excluding carboxylic acids is 1. The normalized spacial score (nSPS) is 34.1. The van der Waals surface area contributed by atoms with Crippen LogP contribution in [0.4, 0.5) is 14.6 Å². The summed E-state index contributed by atoms with van der Waals surface area (Å²) in [6.07, 6.45) is -3.94. The van der Waals surface area contributed by atoms with Gasteiger partial charge in [-0.1, -0.05) is 0 Å². The van der Waals surface area contributed by atoms with E-state index in [0.717, 1.165) is 17.1 Å². The largest absolute Gasteiger partial charge is 0.387 e. The molecule has 6 heterocycles. The zero-order valence-corrected chi connectivity index (χ0v) is 30.4. The first-order valence-corrected chi connectivity index (χ1v) is 21.1. The number of imidazole rings is 1. The maximum absolute atomic E-state index is 16.5. The van der Waals surface area contributed by atoms with E-state index in [1.165, 1.54) is 17.2 Å². The van der Waals surface area contributed by atoms with Crippen molar-refractivity contribution in [1.29, 1.82) is 0 Å². The van der Waals surface area contributed by atoms with Crippen LogP contribution in [-0.4, -0.2) is 112 Å². The highest BCUT2D eigenvalue weighted by molar-refractivity contribution is 8.07. The van der Waals surface area contributed by atoms with E-state index in [-0.39, 0.29) is 41.4 Å². The molecule has 10 atom stereocenters. The van der Waals surface area contributed by atoms with Gasteiger partial charge in [-0.15, -0.1) is 0 Å². The topological polar surface area (TPSA) is 242 Å². The smallest absolute Gasteiger partial charge is 0.325 e. The molecule has 2 bridgehead atoms. The summed E-state index contributed by atoms with van der Waals surface area (Å²) in [5.41, 5.74) is -0.521. The zero-order valence-electron chi connectivity index (χ0n) is 27.0. The lowest BCUT2D eigenvalue weighted by molar-refractivity contribution is -0.116. The lowest BCUT2D eigenvalue weighted by atomic mass is 10.1. The first-order chi connectivity index (χ1) is 24.8. The number of H-pyrrole nitrogens is 1. The summed E-state index contributed by atoms with van der Waals surface area (Å²) in [6.45, 7) is -8.99. The van der Waals surface area contributed by atoms with Crippen molar-refractivity contribution in [3.05, 3.63) is 41.3 Å². The molecule has 4 aromatic heterocycles. The van der Waals surface area contributed by atoms with Crippen molar-refractivity contribution in [3.63, 3.8) is 0 Å². The number of amides is 1. The van der Waals surface area contributed by atoms with Gasteiger partial charge in [-0.3, -0.25) is 14.1 Å². The molecule has 1 amide bonds. The van der Waals surface area contributed by atoms with Crippen molar-refractivity contribution in [2.45, 2.75) is 62.1 Å². The van der Waals surface area contributed by atoms with Gasteiger partial charge in [0, 0.05) is 18.5 Å². The van der Waals surface area contributed by atoms with Gasteiger partial charge in [0.25, 0.3) is 5.56 Å². The molecule has 52 heavy (non-hydrogen) atoms. The maximum Gasteiger partial charge on any atom is 0.325 e. The average molecular weight is 808 g/mol. The second-order valence-corrected chi connectivity index (χ2v) is 17.9. The molecule has 1 saturated carbocycles. The van der Waals surface area contributed by atoms with Crippen LogP contribution in [0.2, 0.25) is 0 Å². The second-order valence-electron chi connectivity index (χ2n) is 12.3. The number of hydrogen-bond donors (Lipinski definition) is 6. The van der Waals surface area contributed by atoms with E-state index < -0.39 is 92.2 Å². The van der Waals surface area contributed by atoms with Crippen molar-refractivity contribution < 1.29 is 51.3 Å². The van der Waals surface area contributed by atoms with Gasteiger partial charge in [0.15, 0.2) is 34.7 Å². The zero-order chi connectivity index (χ0) is 36.9. The molecule has 2 unspecified atom stereocenters. The van der Waals surface area contributed by atoms with E-state index in [1.54, 1.807) is 7.05 Å². The van der Waals surface area contributed by atoms with Crippen molar-refractivity contribution in [1.82, 2.24) is 39.4 Å². The van der Waals surface area contributed by atoms with Crippen LogP contribution >= 0.6 is 13.4 Å². The molecule has 3 aliphatic rings. The number of anilines is 1. The lowest BCUT2D eigenvalue weighted by Crippen LogP contribution is -2.35. The summed E-state index contributed by atoms with van der Waals surface area (Å²) < 4.78 is 62.5. The maximum atomic E-state index is 16.5. The minimum atomic E-state index is -4.29. The quantitative estimate of drug-likeness (QED) is 0.113. The first kappa shape index (κ1) is 37.6. The molecular weight excluding hydrogens is 774 g/mol. The summed E-state index contributed by atoms with van der Waals surface area (Å²) >= 11 is 10.5. The number of nitrogens with zero attached hydrogens (tertiary/aromatic N) is 6. The number of aliphatic hydroxyl groups excluding tert-OH is 1. The number of nitrogens with one attached hydrogen (secondary N) is 3. The number of rotatable bonds is 7. The Bertz CT molecular complexity index is 2140. The molecule has 6 N–H and O–H groups in total. The molecule has 2 saturated heterocycles. The molecule has 0 spiro atoms. The fourth-order valence-electron chi connectivity index (χ4n) is 6.60. The number of aliphatic hydroxyl groups is 1. The predicted molar refractivity (Wildman–Crippen MR) is 184 cm³/mol. The van der Waals surface area contributed by atoms with E-state index in [1.807, 2.05) is 0 Å². The minimum Gasteiger partial charge on any atom is -0.387 e. The number of halogens is 2. The molecule has 282 valence electrons. The monoisotopic (exact) mass is 807 g/mol. The second kappa shape index (κ2) is 14.8. The van der Waals surface area contributed by atoms with Gasteiger partial charge < -0.3 is 58.0 Å². The summed E-state index contributed by atoms with van der Waals surface area (Å²) in [7, 11) is 1.78. The number of aromatic amines is 1. The standard InChI is InChI=1S/C27H33F2N9O10P2S2/c1-30-4-2-3-16(39)36-23-19-25(33-9-31-23)38(11-35-19)14-5-12-7-44-49(42,51)48-22-20(40)15(8-45-50(43,52)47-21(12)18(14)29)46-27(22)37-6-13(28)17-24(37)32-10-34-26(17)41/h6,9-12,14-15,18,20-22,27,30,40H,2-5,7-8H2,1H3,(H,42,51)(H,43,52)(H,32,34,41)(H,31,33,36,39)/t12-,14-,15-,18+,20-,21-,22-,27-,49?,50?/m1/s1. The summed E-state index contributed by atoms with van der Waals surface area (Å²) in [6, 6.07) is -1.02. The first-order valence-electron chi connectivity index (χ1n) is 15.9. The van der Waals surface area contributed by atoms with Gasteiger partial charge in [-0.2, -0.15) is 0 Å². The third kappa shape index (κ3) is 7.35. The van der Waals surface area contributed by atoms with Gasteiger partial charge in [0.2, 0.25) is 5.91 Å². The Hall–Kier alpha value is -2.76. The number of carbonyl (C=O) groups is 1. The summed E-state index contributed by atoms with van der Waals surface area (Å²) in [4.78, 5) is 66.1.